The third kappa shape index (κ3) is 5.77. The predicted molar refractivity (Wildman–Crippen MR) is 125 cm³/mol. The highest BCUT2D eigenvalue weighted by Crippen LogP contribution is 2.34. The van der Waals surface area contributed by atoms with Gasteiger partial charge in [0.05, 0.1) is 12.2 Å². The zero-order valence-corrected chi connectivity index (χ0v) is 18.1. The molecule has 1 heterocycles. The Labute approximate surface area is 191 Å². The average Bonchev–Trinajstić information content (AvgIpc) is 2.80. The average molecular weight is 446 g/mol. The van der Waals surface area contributed by atoms with Crippen LogP contribution in [0.1, 0.15) is 11.1 Å². The lowest BCUT2D eigenvalue weighted by atomic mass is 10.2. The summed E-state index contributed by atoms with van der Waals surface area (Å²) in [6, 6.07) is 18.7. The van der Waals surface area contributed by atoms with E-state index in [0.29, 0.717) is 35.8 Å². The van der Waals surface area contributed by atoms with Gasteiger partial charge in [-0.25, -0.2) is 4.39 Å². The summed E-state index contributed by atoms with van der Waals surface area (Å²) in [6.45, 7) is 2.61. The molecule has 0 fully saturated rings. The lowest BCUT2D eigenvalue weighted by molar-refractivity contribution is -0.121. The molecule has 0 unspecified atom stereocenters. The zero-order chi connectivity index (χ0) is 23.2. The number of hydrogen-bond donors (Lipinski definition) is 1. The molecule has 7 heteroatoms. The second-order valence-corrected chi connectivity index (χ2v) is 7.56. The molecular weight excluding hydrogens is 423 g/mol. The Kier molecular flexibility index (Phi) is 6.69. The van der Waals surface area contributed by atoms with E-state index >= 15 is 0 Å². The number of nitrogens with one attached hydrogen (secondary N) is 1. The smallest absolute Gasteiger partial charge is 0.265 e. The van der Waals surface area contributed by atoms with E-state index in [4.69, 9.17) is 9.47 Å². The number of rotatable bonds is 7. The molecule has 1 aliphatic heterocycles. The number of carbonyl (C=O) groups is 2. The lowest BCUT2D eigenvalue weighted by Crippen LogP contribution is -2.41. The van der Waals surface area contributed by atoms with Gasteiger partial charge in [0.1, 0.15) is 23.9 Å². The molecule has 0 spiro atoms. The summed E-state index contributed by atoms with van der Waals surface area (Å²) in [6.07, 6.45) is 2.96. The van der Waals surface area contributed by atoms with Crippen molar-refractivity contribution in [3.8, 4) is 11.5 Å². The Morgan fingerprint density at radius 1 is 1.15 bits per heavy atom. The molecule has 0 bridgehead atoms. The number of hydrogen-bond acceptors (Lipinski definition) is 4. The molecule has 33 heavy (non-hydrogen) atoms. The Hall–Kier alpha value is -4.13. The molecule has 2 amide bonds. The van der Waals surface area contributed by atoms with E-state index in [2.05, 4.69) is 5.32 Å². The summed E-state index contributed by atoms with van der Waals surface area (Å²) < 4.78 is 24.3. The van der Waals surface area contributed by atoms with Crippen molar-refractivity contribution in [2.75, 3.05) is 30.0 Å². The minimum absolute atomic E-state index is 0.0840. The Bertz CT molecular complexity index is 1190. The second kappa shape index (κ2) is 9.99. The number of nitrogens with zero attached hydrogens (tertiary/aromatic N) is 1. The topological polar surface area (TPSA) is 67.9 Å². The van der Waals surface area contributed by atoms with Gasteiger partial charge in [-0.3, -0.25) is 9.59 Å². The number of aryl methyl sites for hydroxylation is 1. The molecule has 0 radical (unpaired) electrons. The van der Waals surface area contributed by atoms with Crippen LogP contribution in [-0.4, -0.2) is 31.6 Å². The van der Waals surface area contributed by atoms with Crippen molar-refractivity contribution in [1.82, 2.24) is 0 Å². The van der Waals surface area contributed by atoms with Crippen LogP contribution >= 0.6 is 0 Å². The first-order valence-corrected chi connectivity index (χ1v) is 10.5. The predicted octanol–water partition coefficient (Wildman–Crippen LogP) is 4.59. The Morgan fingerprint density at radius 2 is 1.97 bits per heavy atom. The molecule has 1 N–H and O–H groups in total. The van der Waals surface area contributed by atoms with E-state index < -0.39 is 0 Å². The fraction of sp³-hybridized carbons (Fsp3) is 0.154. The number of halogens is 1. The van der Waals surface area contributed by atoms with Crippen LogP contribution in [0.3, 0.4) is 0 Å². The summed E-state index contributed by atoms with van der Waals surface area (Å²) in [5.41, 5.74) is 2.97. The largest absolute Gasteiger partial charge is 0.492 e. The lowest BCUT2D eigenvalue weighted by Gasteiger charge is -2.29. The highest BCUT2D eigenvalue weighted by Gasteiger charge is 2.25. The standard InChI is InChI=1S/C26H23FN2O4/c1-18-3-2-4-22(15-18)32-14-13-29-23-11-10-21(16-24(23)33-17-26(29)31)28-25(30)12-7-19-5-8-20(27)9-6-19/h2-12,15-16H,13-14,17H2,1H3,(H,28,30)/b12-7+. The number of ether oxygens (including phenoxy) is 2. The fourth-order valence-electron chi connectivity index (χ4n) is 3.42. The monoisotopic (exact) mass is 446 g/mol. The van der Waals surface area contributed by atoms with Gasteiger partial charge in [0.2, 0.25) is 5.91 Å². The highest BCUT2D eigenvalue weighted by atomic mass is 19.1. The molecule has 3 aromatic rings. The molecule has 0 saturated carbocycles. The molecule has 0 atom stereocenters. The van der Waals surface area contributed by atoms with Crippen molar-refractivity contribution in [2.24, 2.45) is 0 Å². The molecule has 1 aliphatic rings. The van der Waals surface area contributed by atoms with Crippen molar-refractivity contribution in [3.05, 3.63) is 89.8 Å². The highest BCUT2D eigenvalue weighted by molar-refractivity contribution is 6.03. The van der Waals surface area contributed by atoms with Gasteiger partial charge in [0, 0.05) is 17.8 Å². The van der Waals surface area contributed by atoms with Crippen LogP contribution in [0.2, 0.25) is 0 Å². The van der Waals surface area contributed by atoms with Gasteiger partial charge in [0.15, 0.2) is 6.61 Å². The third-order valence-electron chi connectivity index (χ3n) is 5.04. The Morgan fingerprint density at radius 3 is 2.76 bits per heavy atom. The molecular formula is C26H23FN2O4. The van der Waals surface area contributed by atoms with E-state index in [0.717, 1.165) is 11.3 Å². The van der Waals surface area contributed by atoms with Crippen LogP contribution < -0.4 is 19.7 Å². The number of benzene rings is 3. The molecule has 4 rings (SSSR count). The summed E-state index contributed by atoms with van der Waals surface area (Å²) in [5, 5.41) is 2.76. The number of fused-ring (bicyclic) bond motifs is 1. The first kappa shape index (κ1) is 22.1. The van der Waals surface area contributed by atoms with Crippen LogP contribution in [0, 0.1) is 12.7 Å². The maximum Gasteiger partial charge on any atom is 0.265 e. The SMILES string of the molecule is Cc1cccc(OCCN2C(=O)COc3cc(NC(=O)/C=C/c4ccc(F)cc4)ccc32)c1. The van der Waals surface area contributed by atoms with E-state index in [1.807, 2.05) is 31.2 Å². The van der Waals surface area contributed by atoms with Crippen LogP contribution in [0.5, 0.6) is 11.5 Å². The van der Waals surface area contributed by atoms with Gasteiger partial charge < -0.3 is 19.7 Å². The van der Waals surface area contributed by atoms with E-state index in [9.17, 15) is 14.0 Å². The molecule has 3 aromatic carbocycles. The summed E-state index contributed by atoms with van der Waals surface area (Å²) >= 11 is 0. The summed E-state index contributed by atoms with van der Waals surface area (Å²) in [5.74, 6) is 0.428. The fourth-order valence-corrected chi connectivity index (χ4v) is 3.42. The van der Waals surface area contributed by atoms with Crippen LogP contribution in [0.25, 0.3) is 6.08 Å². The minimum Gasteiger partial charge on any atom is -0.492 e. The van der Waals surface area contributed by atoms with Crippen molar-refractivity contribution in [3.63, 3.8) is 0 Å². The number of anilines is 2. The summed E-state index contributed by atoms with van der Waals surface area (Å²) in [4.78, 5) is 26.3. The van der Waals surface area contributed by atoms with Crippen molar-refractivity contribution >= 4 is 29.3 Å². The number of amides is 2. The van der Waals surface area contributed by atoms with Gasteiger partial charge in [0.25, 0.3) is 5.91 Å². The maximum absolute atomic E-state index is 13.0. The van der Waals surface area contributed by atoms with Gasteiger partial charge >= 0.3 is 0 Å². The van der Waals surface area contributed by atoms with Crippen LogP contribution in [0.15, 0.2) is 72.8 Å². The van der Waals surface area contributed by atoms with Gasteiger partial charge in [-0.2, -0.15) is 0 Å². The maximum atomic E-state index is 13.0. The molecule has 0 saturated heterocycles. The molecule has 6 nitrogen and oxygen atoms in total. The van der Waals surface area contributed by atoms with Gasteiger partial charge in [-0.05, 0) is 60.5 Å². The van der Waals surface area contributed by atoms with Crippen LogP contribution in [-0.2, 0) is 9.59 Å². The third-order valence-corrected chi connectivity index (χ3v) is 5.04. The van der Waals surface area contributed by atoms with Crippen molar-refractivity contribution in [1.29, 1.82) is 0 Å². The van der Waals surface area contributed by atoms with Crippen LogP contribution in [0.4, 0.5) is 15.8 Å². The molecule has 0 aromatic heterocycles. The van der Waals surface area contributed by atoms with Gasteiger partial charge in [-0.1, -0.05) is 24.3 Å². The minimum atomic E-state index is -0.338. The van der Waals surface area contributed by atoms with Crippen molar-refractivity contribution in [2.45, 2.75) is 6.92 Å². The first-order valence-electron chi connectivity index (χ1n) is 10.5. The quantitative estimate of drug-likeness (QED) is 0.539. The normalized spacial score (nSPS) is 12.9. The Balaban J connectivity index is 1.38. The summed E-state index contributed by atoms with van der Waals surface area (Å²) in [7, 11) is 0. The first-order chi connectivity index (χ1) is 16.0. The van der Waals surface area contributed by atoms with E-state index in [1.165, 1.54) is 18.2 Å². The van der Waals surface area contributed by atoms with Gasteiger partial charge in [-0.15, -0.1) is 0 Å². The molecule has 168 valence electrons. The number of carbonyl (C=O) groups excluding carboxylic acids is 2. The molecule has 0 aliphatic carbocycles. The van der Waals surface area contributed by atoms with E-state index in [-0.39, 0.29) is 24.2 Å². The van der Waals surface area contributed by atoms with E-state index in [1.54, 1.807) is 41.3 Å². The second-order valence-electron chi connectivity index (χ2n) is 7.56. The van der Waals surface area contributed by atoms with Crippen molar-refractivity contribution < 1.29 is 23.5 Å². The zero-order valence-electron chi connectivity index (χ0n) is 18.1.